The predicted octanol–water partition coefficient (Wildman–Crippen LogP) is -0.846. The van der Waals surface area contributed by atoms with E-state index in [9.17, 15) is 9.90 Å². The Bertz CT molecular complexity index is 215. The van der Waals surface area contributed by atoms with Gasteiger partial charge in [0.2, 0.25) is 5.91 Å². The van der Waals surface area contributed by atoms with E-state index in [1.165, 1.54) is 0 Å². The minimum atomic E-state index is -0.410. The monoisotopic (exact) mass is 229 g/mol. The summed E-state index contributed by atoms with van der Waals surface area (Å²) < 4.78 is 0. The van der Waals surface area contributed by atoms with E-state index in [0.29, 0.717) is 19.0 Å². The van der Waals surface area contributed by atoms with E-state index < -0.39 is 6.10 Å². The Balaban J connectivity index is 2.15. The maximum absolute atomic E-state index is 10.8. The van der Waals surface area contributed by atoms with Gasteiger partial charge >= 0.3 is 0 Å². The van der Waals surface area contributed by atoms with Crippen LogP contribution in [-0.4, -0.2) is 54.7 Å². The Morgan fingerprint density at radius 1 is 1.56 bits per heavy atom. The molecule has 16 heavy (non-hydrogen) atoms. The fourth-order valence-electron chi connectivity index (χ4n) is 2.03. The van der Waals surface area contributed by atoms with Crippen molar-refractivity contribution in [3.05, 3.63) is 0 Å². The van der Waals surface area contributed by atoms with Gasteiger partial charge in [-0.2, -0.15) is 0 Å². The van der Waals surface area contributed by atoms with Gasteiger partial charge in [0.1, 0.15) is 0 Å². The van der Waals surface area contributed by atoms with Crippen LogP contribution in [0.25, 0.3) is 0 Å². The Hall–Kier alpha value is -0.650. The average molecular weight is 229 g/mol. The highest BCUT2D eigenvalue weighted by Crippen LogP contribution is 2.16. The number of β-amino-alcohol motifs (C(OH)–C–C–N with tert-alkyl or cyclic N) is 1. The van der Waals surface area contributed by atoms with Gasteiger partial charge in [0.05, 0.1) is 6.10 Å². The van der Waals surface area contributed by atoms with Crippen LogP contribution in [0.5, 0.6) is 0 Å². The van der Waals surface area contributed by atoms with Crippen LogP contribution in [0, 0.1) is 5.92 Å². The zero-order chi connectivity index (χ0) is 12.0. The molecule has 4 N–H and O–H groups in total. The lowest BCUT2D eigenvalue weighted by Gasteiger charge is -2.32. The molecule has 1 aliphatic rings. The van der Waals surface area contributed by atoms with Gasteiger partial charge < -0.3 is 21.1 Å². The normalized spacial score (nSPS) is 20.7. The van der Waals surface area contributed by atoms with E-state index in [1.54, 1.807) is 6.92 Å². The molecule has 0 aromatic heterocycles. The maximum atomic E-state index is 10.8. The van der Waals surface area contributed by atoms with E-state index in [1.807, 2.05) is 0 Å². The lowest BCUT2D eigenvalue weighted by atomic mass is 9.96. The first kappa shape index (κ1) is 13.4. The highest BCUT2D eigenvalue weighted by atomic mass is 16.3. The molecule has 0 aromatic rings. The molecule has 1 unspecified atom stereocenters. The average Bonchev–Trinajstić information content (AvgIpc) is 2.28. The molecule has 1 amide bonds. The molecule has 94 valence electrons. The summed E-state index contributed by atoms with van der Waals surface area (Å²) in [6.07, 6.45) is 1.75. The number of carbonyl (C=O) groups is 1. The lowest BCUT2D eigenvalue weighted by molar-refractivity contribution is -0.119. The zero-order valence-corrected chi connectivity index (χ0v) is 9.98. The lowest BCUT2D eigenvalue weighted by Crippen LogP contribution is -2.43. The van der Waals surface area contributed by atoms with E-state index in [2.05, 4.69) is 10.2 Å². The van der Waals surface area contributed by atoms with E-state index >= 15 is 0 Å². The third kappa shape index (κ3) is 4.92. The second kappa shape index (κ2) is 6.83. The number of piperidine rings is 1. The molecule has 5 nitrogen and oxygen atoms in total. The van der Waals surface area contributed by atoms with Gasteiger partial charge in [0.15, 0.2) is 0 Å². The smallest absolute Gasteiger partial charge is 0.216 e. The van der Waals surface area contributed by atoms with E-state index in [4.69, 9.17) is 5.73 Å². The summed E-state index contributed by atoms with van der Waals surface area (Å²) in [6.45, 7) is 5.30. The molecule has 1 aliphatic heterocycles. The number of rotatable bonds is 5. The molecule has 1 saturated heterocycles. The Labute approximate surface area is 97.0 Å². The third-order valence-corrected chi connectivity index (χ3v) is 3.09. The Morgan fingerprint density at radius 3 is 2.69 bits per heavy atom. The summed E-state index contributed by atoms with van der Waals surface area (Å²) in [5.41, 5.74) is 5.37. The molecule has 0 bridgehead atoms. The highest BCUT2D eigenvalue weighted by molar-refractivity contribution is 5.72. The van der Waals surface area contributed by atoms with Gasteiger partial charge in [-0.15, -0.1) is 0 Å². The Kier molecular flexibility index (Phi) is 5.73. The fraction of sp³-hybridized carbons (Fsp3) is 0.909. The van der Waals surface area contributed by atoms with Crippen molar-refractivity contribution in [3.63, 3.8) is 0 Å². The van der Waals surface area contributed by atoms with Crippen molar-refractivity contribution in [2.24, 2.45) is 11.7 Å². The molecule has 1 rings (SSSR count). The van der Waals surface area contributed by atoms with Gasteiger partial charge in [0, 0.05) is 26.6 Å². The van der Waals surface area contributed by atoms with Crippen molar-refractivity contribution in [1.82, 2.24) is 10.2 Å². The molecule has 0 spiro atoms. The summed E-state index contributed by atoms with van der Waals surface area (Å²) in [4.78, 5) is 13.0. The molecule has 1 atom stereocenters. The number of nitrogens with zero attached hydrogens (tertiary/aromatic N) is 1. The van der Waals surface area contributed by atoms with Crippen molar-refractivity contribution in [3.8, 4) is 0 Å². The SMILES string of the molecule is CC(=O)NCC1CCN(CC(O)CN)CC1. The molecule has 0 radical (unpaired) electrons. The molecule has 1 heterocycles. The minimum absolute atomic E-state index is 0.0426. The van der Waals surface area contributed by atoms with Crippen LogP contribution in [0.15, 0.2) is 0 Å². The van der Waals surface area contributed by atoms with Crippen LogP contribution < -0.4 is 11.1 Å². The quantitative estimate of drug-likeness (QED) is 0.574. The number of nitrogens with one attached hydrogen (secondary N) is 1. The van der Waals surface area contributed by atoms with Crippen molar-refractivity contribution < 1.29 is 9.90 Å². The first-order valence-electron chi connectivity index (χ1n) is 5.96. The number of amides is 1. The number of nitrogens with two attached hydrogens (primary N) is 1. The van der Waals surface area contributed by atoms with Gasteiger partial charge in [-0.1, -0.05) is 0 Å². The largest absolute Gasteiger partial charge is 0.390 e. The number of likely N-dealkylation sites (tertiary alicyclic amines) is 1. The molecule has 0 aliphatic carbocycles. The van der Waals surface area contributed by atoms with Crippen molar-refractivity contribution >= 4 is 5.91 Å². The summed E-state index contributed by atoms with van der Waals surface area (Å²) in [5, 5.41) is 12.3. The van der Waals surface area contributed by atoms with Crippen LogP contribution in [0.4, 0.5) is 0 Å². The van der Waals surface area contributed by atoms with Crippen LogP contribution >= 0.6 is 0 Å². The maximum Gasteiger partial charge on any atom is 0.216 e. The van der Waals surface area contributed by atoms with Crippen LogP contribution in [0.1, 0.15) is 19.8 Å². The van der Waals surface area contributed by atoms with Crippen molar-refractivity contribution in [1.29, 1.82) is 0 Å². The number of aliphatic hydroxyl groups excluding tert-OH is 1. The molecular formula is C11H23N3O2. The number of hydrogen-bond acceptors (Lipinski definition) is 4. The number of carbonyl (C=O) groups excluding carboxylic acids is 1. The van der Waals surface area contributed by atoms with Gasteiger partial charge in [-0.05, 0) is 31.8 Å². The fourth-order valence-corrected chi connectivity index (χ4v) is 2.03. The van der Waals surface area contributed by atoms with Crippen molar-refractivity contribution in [2.75, 3.05) is 32.7 Å². The summed E-state index contributed by atoms with van der Waals surface area (Å²) in [5.74, 6) is 0.621. The molecule has 1 fully saturated rings. The second-order valence-corrected chi connectivity index (χ2v) is 4.57. The highest BCUT2D eigenvalue weighted by Gasteiger charge is 2.20. The third-order valence-electron chi connectivity index (χ3n) is 3.09. The first-order chi connectivity index (χ1) is 7.61. The van der Waals surface area contributed by atoms with Gasteiger partial charge in [-0.25, -0.2) is 0 Å². The first-order valence-corrected chi connectivity index (χ1v) is 5.96. The van der Waals surface area contributed by atoms with Crippen molar-refractivity contribution in [2.45, 2.75) is 25.9 Å². The standard InChI is InChI=1S/C11H23N3O2/c1-9(15)13-7-10-2-4-14(5-3-10)8-11(16)6-12/h10-11,16H,2-8,12H2,1H3,(H,13,15). The van der Waals surface area contributed by atoms with Gasteiger partial charge in [0.25, 0.3) is 0 Å². The second-order valence-electron chi connectivity index (χ2n) is 4.57. The van der Waals surface area contributed by atoms with Crippen LogP contribution in [0.2, 0.25) is 0 Å². The van der Waals surface area contributed by atoms with Gasteiger partial charge in [-0.3, -0.25) is 4.79 Å². The Morgan fingerprint density at radius 2 is 2.19 bits per heavy atom. The van der Waals surface area contributed by atoms with E-state index in [-0.39, 0.29) is 5.91 Å². The summed E-state index contributed by atoms with van der Waals surface area (Å²) >= 11 is 0. The molecular weight excluding hydrogens is 206 g/mol. The van der Waals surface area contributed by atoms with E-state index in [0.717, 1.165) is 32.5 Å². The van der Waals surface area contributed by atoms with Crippen LogP contribution in [-0.2, 0) is 4.79 Å². The number of aliphatic hydroxyl groups is 1. The molecule has 0 saturated carbocycles. The molecule has 5 heteroatoms. The minimum Gasteiger partial charge on any atom is -0.390 e. The number of hydrogen-bond donors (Lipinski definition) is 3. The molecule has 0 aromatic carbocycles. The zero-order valence-electron chi connectivity index (χ0n) is 9.98. The topological polar surface area (TPSA) is 78.6 Å². The predicted molar refractivity (Wildman–Crippen MR) is 62.9 cm³/mol. The summed E-state index contributed by atoms with van der Waals surface area (Å²) in [7, 11) is 0. The van der Waals surface area contributed by atoms with Crippen LogP contribution in [0.3, 0.4) is 0 Å². The summed E-state index contributed by atoms with van der Waals surface area (Å²) in [6, 6.07) is 0.